The molecule has 2 rings (SSSR count). The van der Waals surface area contributed by atoms with Crippen molar-refractivity contribution in [2.75, 3.05) is 5.75 Å². The second-order valence-electron chi connectivity index (χ2n) is 6.71. The summed E-state index contributed by atoms with van der Waals surface area (Å²) in [6.45, 7) is 6.76. The summed E-state index contributed by atoms with van der Waals surface area (Å²) in [5.41, 5.74) is 2.27. The standard InChI is InChI=1S/C24H31NS2/c1-4-6-13-21(5-2)19-27-24(25-22-14-9-7-10-15-22)20(3)18-26-23-16-11-8-12-17-23/h7-12,14-18,21H,4-6,13,19H2,1-3H3/b20-18+,25-24+. The molecule has 0 saturated heterocycles. The molecule has 0 amide bonds. The summed E-state index contributed by atoms with van der Waals surface area (Å²) >= 11 is 3.68. The average Bonchev–Trinajstić information content (AvgIpc) is 2.72. The Bertz CT molecular complexity index is 708. The molecule has 0 aliphatic heterocycles. The summed E-state index contributed by atoms with van der Waals surface area (Å²) in [7, 11) is 0. The maximum atomic E-state index is 4.96. The summed E-state index contributed by atoms with van der Waals surface area (Å²) in [5.74, 6) is 1.91. The summed E-state index contributed by atoms with van der Waals surface area (Å²) in [6, 6.07) is 20.8. The van der Waals surface area contributed by atoms with Gasteiger partial charge in [0.15, 0.2) is 0 Å². The van der Waals surface area contributed by atoms with Crippen LogP contribution in [0.3, 0.4) is 0 Å². The topological polar surface area (TPSA) is 12.4 Å². The van der Waals surface area contributed by atoms with Crippen LogP contribution in [0.25, 0.3) is 0 Å². The molecule has 0 aromatic heterocycles. The Balaban J connectivity index is 2.12. The quantitative estimate of drug-likeness (QED) is 0.227. The number of aliphatic imine (C=N–C) groups is 1. The van der Waals surface area contributed by atoms with Gasteiger partial charge in [0.25, 0.3) is 0 Å². The Hall–Kier alpha value is -1.45. The highest BCUT2D eigenvalue weighted by Gasteiger charge is 2.11. The van der Waals surface area contributed by atoms with Crippen LogP contribution in [0.15, 0.2) is 81.5 Å². The Kier molecular flexibility index (Phi) is 10.4. The molecule has 1 unspecified atom stereocenters. The molecule has 0 N–H and O–H groups in total. The van der Waals surface area contributed by atoms with E-state index >= 15 is 0 Å². The summed E-state index contributed by atoms with van der Waals surface area (Å²) in [6.07, 6.45) is 5.16. The summed E-state index contributed by atoms with van der Waals surface area (Å²) in [5, 5.41) is 3.37. The predicted molar refractivity (Wildman–Crippen MR) is 125 cm³/mol. The second kappa shape index (κ2) is 12.9. The van der Waals surface area contributed by atoms with Crippen LogP contribution in [-0.2, 0) is 0 Å². The van der Waals surface area contributed by atoms with Gasteiger partial charge in [-0.1, -0.05) is 81.3 Å². The fourth-order valence-corrected chi connectivity index (χ4v) is 4.72. The minimum Gasteiger partial charge on any atom is -0.242 e. The van der Waals surface area contributed by atoms with E-state index in [1.54, 1.807) is 11.8 Å². The van der Waals surface area contributed by atoms with Crippen LogP contribution in [0.1, 0.15) is 46.5 Å². The van der Waals surface area contributed by atoms with Crippen LogP contribution in [0.5, 0.6) is 0 Å². The number of hydrogen-bond donors (Lipinski definition) is 0. The first-order valence-corrected chi connectivity index (χ1v) is 11.7. The van der Waals surface area contributed by atoms with Crippen molar-refractivity contribution in [2.45, 2.75) is 51.3 Å². The minimum absolute atomic E-state index is 0.769. The number of benzene rings is 2. The molecule has 1 nitrogen and oxygen atoms in total. The number of unbranched alkanes of at least 4 members (excludes halogenated alkanes) is 1. The van der Waals surface area contributed by atoms with E-state index in [0.29, 0.717) is 0 Å². The van der Waals surface area contributed by atoms with E-state index in [4.69, 9.17) is 4.99 Å². The van der Waals surface area contributed by atoms with Crippen molar-refractivity contribution in [2.24, 2.45) is 10.9 Å². The first kappa shape index (κ1) is 21.8. The zero-order valence-corrected chi connectivity index (χ0v) is 18.4. The number of hydrogen-bond acceptors (Lipinski definition) is 3. The normalized spacial score (nSPS) is 13.6. The SMILES string of the molecule is CCCCC(CC)CSC(=N/c1ccccc1)/C(C)=C/Sc1ccccc1. The molecule has 0 saturated carbocycles. The van der Waals surface area contributed by atoms with Crippen molar-refractivity contribution >= 4 is 34.3 Å². The van der Waals surface area contributed by atoms with E-state index in [9.17, 15) is 0 Å². The molecule has 0 bridgehead atoms. The van der Waals surface area contributed by atoms with E-state index in [1.165, 1.54) is 36.2 Å². The highest BCUT2D eigenvalue weighted by Crippen LogP contribution is 2.27. The smallest absolute Gasteiger partial charge is 0.100 e. The third-order valence-electron chi connectivity index (χ3n) is 4.44. The monoisotopic (exact) mass is 397 g/mol. The minimum atomic E-state index is 0.769. The van der Waals surface area contributed by atoms with Crippen LogP contribution in [-0.4, -0.2) is 10.8 Å². The van der Waals surface area contributed by atoms with Gasteiger partial charge in [-0.3, -0.25) is 0 Å². The molecule has 0 heterocycles. The van der Waals surface area contributed by atoms with Gasteiger partial charge in [-0.05, 0) is 54.5 Å². The van der Waals surface area contributed by atoms with Gasteiger partial charge in [-0.15, -0.1) is 11.8 Å². The molecular weight excluding hydrogens is 366 g/mol. The first-order valence-electron chi connectivity index (χ1n) is 9.88. The average molecular weight is 398 g/mol. The fourth-order valence-electron chi connectivity index (χ4n) is 2.65. The van der Waals surface area contributed by atoms with E-state index < -0.39 is 0 Å². The lowest BCUT2D eigenvalue weighted by Gasteiger charge is -2.15. The van der Waals surface area contributed by atoms with Gasteiger partial charge in [0.2, 0.25) is 0 Å². The van der Waals surface area contributed by atoms with Gasteiger partial charge >= 0.3 is 0 Å². The van der Waals surface area contributed by atoms with E-state index in [2.05, 4.69) is 80.8 Å². The van der Waals surface area contributed by atoms with Crippen molar-refractivity contribution in [3.05, 3.63) is 71.6 Å². The molecule has 0 fully saturated rings. The van der Waals surface area contributed by atoms with Crippen LogP contribution in [0.2, 0.25) is 0 Å². The molecule has 0 spiro atoms. The summed E-state index contributed by atoms with van der Waals surface area (Å²) < 4.78 is 0. The van der Waals surface area contributed by atoms with Gasteiger partial charge in [-0.25, -0.2) is 4.99 Å². The van der Waals surface area contributed by atoms with E-state index in [1.807, 2.05) is 17.8 Å². The molecule has 1 atom stereocenters. The molecule has 2 aromatic rings. The Morgan fingerprint density at radius 1 is 1.00 bits per heavy atom. The molecular formula is C24H31NS2. The number of rotatable bonds is 10. The number of nitrogens with zero attached hydrogens (tertiary/aromatic N) is 1. The zero-order chi connectivity index (χ0) is 19.3. The second-order valence-corrected chi connectivity index (χ2v) is 8.66. The molecule has 2 aromatic carbocycles. The van der Waals surface area contributed by atoms with Crippen molar-refractivity contribution < 1.29 is 0 Å². The van der Waals surface area contributed by atoms with Crippen LogP contribution >= 0.6 is 23.5 Å². The number of para-hydroxylation sites is 1. The Morgan fingerprint density at radius 3 is 2.30 bits per heavy atom. The fraction of sp³-hybridized carbons (Fsp3) is 0.375. The molecule has 144 valence electrons. The lowest BCUT2D eigenvalue weighted by atomic mass is 10.0. The predicted octanol–water partition coefficient (Wildman–Crippen LogP) is 8.36. The Labute approximate surface area is 173 Å². The van der Waals surface area contributed by atoms with Crippen LogP contribution in [0.4, 0.5) is 5.69 Å². The van der Waals surface area contributed by atoms with Crippen LogP contribution < -0.4 is 0 Å². The maximum absolute atomic E-state index is 4.96. The maximum Gasteiger partial charge on any atom is 0.100 e. The molecule has 0 aliphatic carbocycles. The van der Waals surface area contributed by atoms with Gasteiger partial charge < -0.3 is 0 Å². The first-order chi connectivity index (χ1) is 13.2. The van der Waals surface area contributed by atoms with Gasteiger partial charge in [0.1, 0.15) is 5.04 Å². The van der Waals surface area contributed by atoms with Crippen LogP contribution in [0, 0.1) is 5.92 Å². The lowest BCUT2D eigenvalue weighted by molar-refractivity contribution is 0.500. The largest absolute Gasteiger partial charge is 0.242 e. The van der Waals surface area contributed by atoms with Crippen molar-refractivity contribution in [3.63, 3.8) is 0 Å². The third kappa shape index (κ3) is 8.40. The molecule has 0 aliphatic rings. The molecule has 27 heavy (non-hydrogen) atoms. The van der Waals surface area contributed by atoms with E-state index in [0.717, 1.165) is 22.4 Å². The highest BCUT2D eigenvalue weighted by molar-refractivity contribution is 8.14. The van der Waals surface area contributed by atoms with Crippen molar-refractivity contribution in [3.8, 4) is 0 Å². The molecule has 0 radical (unpaired) electrons. The van der Waals surface area contributed by atoms with Crippen molar-refractivity contribution in [1.29, 1.82) is 0 Å². The lowest BCUT2D eigenvalue weighted by Crippen LogP contribution is -2.06. The Morgan fingerprint density at radius 2 is 1.67 bits per heavy atom. The summed E-state index contributed by atoms with van der Waals surface area (Å²) in [4.78, 5) is 6.21. The van der Waals surface area contributed by atoms with E-state index in [-0.39, 0.29) is 0 Å². The van der Waals surface area contributed by atoms with Crippen molar-refractivity contribution in [1.82, 2.24) is 0 Å². The van der Waals surface area contributed by atoms with Gasteiger partial charge in [0.05, 0.1) is 5.69 Å². The van der Waals surface area contributed by atoms with Gasteiger partial charge in [0, 0.05) is 10.6 Å². The molecule has 3 heteroatoms. The third-order valence-corrected chi connectivity index (χ3v) is 6.78. The van der Waals surface area contributed by atoms with Gasteiger partial charge in [-0.2, -0.15) is 0 Å². The zero-order valence-electron chi connectivity index (χ0n) is 16.7. The highest BCUT2D eigenvalue weighted by atomic mass is 32.2. The number of thioether (sulfide) groups is 2.